The molecule has 0 aromatic carbocycles. The first-order valence-corrected chi connectivity index (χ1v) is 5.84. The van der Waals surface area contributed by atoms with Crippen molar-refractivity contribution in [3.05, 3.63) is 21.4 Å². The van der Waals surface area contributed by atoms with Gasteiger partial charge in [-0.25, -0.2) is 9.78 Å². The van der Waals surface area contributed by atoms with E-state index in [1.54, 1.807) is 20.8 Å². The zero-order valence-electron chi connectivity index (χ0n) is 9.47. The van der Waals surface area contributed by atoms with Crippen molar-refractivity contribution >= 4 is 46.6 Å². The van der Waals surface area contributed by atoms with Crippen molar-refractivity contribution < 1.29 is 9.53 Å². The molecule has 0 aliphatic carbocycles. The molecule has 0 atom stereocenters. The summed E-state index contributed by atoms with van der Waals surface area (Å²) in [5.74, 6) is 0. The summed E-state index contributed by atoms with van der Waals surface area (Å²) in [5, 5.41) is 2.75. The molecular weight excluding hydrogens is 286 g/mol. The highest BCUT2D eigenvalue weighted by molar-refractivity contribution is 6.42. The number of aromatic nitrogens is 1. The average Bonchev–Trinajstić information content (AvgIpc) is 2.11. The molecule has 1 rings (SSSR count). The third-order valence-corrected chi connectivity index (χ3v) is 2.48. The van der Waals surface area contributed by atoms with E-state index in [0.29, 0.717) is 0 Å². The summed E-state index contributed by atoms with van der Waals surface area (Å²) in [5.41, 5.74) is -0.351. The van der Waals surface area contributed by atoms with E-state index in [4.69, 9.17) is 39.5 Å². The molecule has 1 amide bonds. The lowest BCUT2D eigenvalue weighted by atomic mass is 10.2. The van der Waals surface area contributed by atoms with Crippen LogP contribution in [-0.2, 0) is 4.74 Å². The largest absolute Gasteiger partial charge is 0.444 e. The molecule has 17 heavy (non-hydrogen) atoms. The zero-order valence-corrected chi connectivity index (χ0v) is 11.7. The highest BCUT2D eigenvalue weighted by Gasteiger charge is 2.18. The van der Waals surface area contributed by atoms with Gasteiger partial charge in [-0.1, -0.05) is 34.8 Å². The predicted octanol–water partition coefficient (Wildman–Crippen LogP) is 4.39. The van der Waals surface area contributed by atoms with E-state index in [1.165, 1.54) is 6.07 Å². The lowest BCUT2D eigenvalue weighted by Crippen LogP contribution is -2.27. The molecule has 0 radical (unpaired) electrons. The summed E-state index contributed by atoms with van der Waals surface area (Å²) in [6, 6.07) is 1.41. The molecule has 0 aliphatic rings. The minimum atomic E-state index is -0.639. The topological polar surface area (TPSA) is 51.2 Å². The quantitative estimate of drug-likeness (QED) is 0.782. The summed E-state index contributed by atoms with van der Waals surface area (Å²) in [4.78, 5) is 15.2. The first-order chi connectivity index (χ1) is 7.69. The number of carbonyl (C=O) groups excluding carboxylic acids is 1. The van der Waals surface area contributed by atoms with E-state index in [0.717, 1.165) is 0 Å². The molecule has 0 aliphatic heterocycles. The van der Waals surface area contributed by atoms with Gasteiger partial charge < -0.3 is 4.74 Å². The lowest BCUT2D eigenvalue weighted by molar-refractivity contribution is 0.0636. The number of pyridine rings is 1. The predicted molar refractivity (Wildman–Crippen MR) is 69.1 cm³/mol. The molecule has 4 nitrogen and oxygen atoms in total. The van der Waals surface area contributed by atoms with Crippen LogP contribution in [-0.4, -0.2) is 16.7 Å². The van der Waals surface area contributed by atoms with E-state index < -0.39 is 11.7 Å². The third-order valence-electron chi connectivity index (χ3n) is 1.52. The van der Waals surface area contributed by atoms with Gasteiger partial charge in [0.05, 0.1) is 10.7 Å². The second kappa shape index (κ2) is 5.29. The molecule has 1 aromatic heterocycles. The number of rotatable bonds is 1. The van der Waals surface area contributed by atoms with Gasteiger partial charge in [0, 0.05) is 0 Å². The van der Waals surface area contributed by atoms with Crippen LogP contribution in [0.4, 0.5) is 10.5 Å². The fourth-order valence-electron chi connectivity index (χ4n) is 0.947. The Morgan fingerprint density at radius 2 is 1.88 bits per heavy atom. The lowest BCUT2D eigenvalue weighted by Gasteiger charge is -2.19. The molecule has 0 fully saturated rings. The summed E-state index contributed by atoms with van der Waals surface area (Å²) in [7, 11) is 0. The molecule has 1 aromatic rings. The summed E-state index contributed by atoms with van der Waals surface area (Å²) < 4.78 is 5.05. The molecular formula is C10H11Cl3N2O2. The standard InChI is InChI=1S/C10H11Cl3N2O2/c1-10(2,3)17-9(16)14-6-4-5(11)7(12)15-8(6)13/h4H,1-3H3,(H,14,16). The highest BCUT2D eigenvalue weighted by atomic mass is 35.5. The Labute approximate surface area is 114 Å². The molecule has 0 unspecified atom stereocenters. The van der Waals surface area contributed by atoms with Gasteiger partial charge in [-0.05, 0) is 26.8 Å². The van der Waals surface area contributed by atoms with E-state index in [-0.39, 0.29) is 21.0 Å². The Kier molecular flexibility index (Phi) is 4.47. The minimum absolute atomic E-state index is 0.0465. The van der Waals surface area contributed by atoms with Gasteiger partial charge in [0.25, 0.3) is 0 Å². The van der Waals surface area contributed by atoms with E-state index in [2.05, 4.69) is 10.3 Å². The summed E-state index contributed by atoms with van der Waals surface area (Å²) in [6.45, 7) is 5.25. The van der Waals surface area contributed by atoms with Crippen molar-refractivity contribution in [3.63, 3.8) is 0 Å². The van der Waals surface area contributed by atoms with Crippen LogP contribution in [0.1, 0.15) is 20.8 Å². The number of carbonyl (C=O) groups is 1. The maximum absolute atomic E-state index is 11.5. The fourth-order valence-corrected chi connectivity index (χ4v) is 1.47. The molecule has 1 N–H and O–H groups in total. The van der Waals surface area contributed by atoms with Crippen molar-refractivity contribution in [2.75, 3.05) is 5.32 Å². The van der Waals surface area contributed by atoms with Crippen molar-refractivity contribution in [2.24, 2.45) is 0 Å². The summed E-state index contributed by atoms with van der Waals surface area (Å²) in [6.07, 6.45) is -0.639. The Balaban J connectivity index is 2.82. The number of ether oxygens (including phenoxy) is 1. The second-order valence-electron chi connectivity index (χ2n) is 4.23. The van der Waals surface area contributed by atoms with Gasteiger partial charge in [-0.2, -0.15) is 0 Å². The zero-order chi connectivity index (χ0) is 13.2. The first-order valence-electron chi connectivity index (χ1n) is 4.70. The first kappa shape index (κ1) is 14.4. The van der Waals surface area contributed by atoms with E-state index >= 15 is 0 Å². The molecule has 0 saturated heterocycles. The van der Waals surface area contributed by atoms with Crippen molar-refractivity contribution in [1.29, 1.82) is 0 Å². The van der Waals surface area contributed by atoms with Gasteiger partial charge in [-0.3, -0.25) is 5.32 Å². The van der Waals surface area contributed by atoms with Crippen LogP contribution >= 0.6 is 34.8 Å². The number of hydrogen-bond acceptors (Lipinski definition) is 3. The van der Waals surface area contributed by atoms with E-state index in [9.17, 15) is 4.79 Å². The van der Waals surface area contributed by atoms with Crippen molar-refractivity contribution in [2.45, 2.75) is 26.4 Å². The van der Waals surface area contributed by atoms with Gasteiger partial charge >= 0.3 is 6.09 Å². The average molecular weight is 298 g/mol. The van der Waals surface area contributed by atoms with Gasteiger partial charge in [0.2, 0.25) is 0 Å². The maximum Gasteiger partial charge on any atom is 0.412 e. The number of nitrogens with one attached hydrogen (secondary N) is 1. The van der Waals surface area contributed by atoms with Crippen LogP contribution in [0.3, 0.4) is 0 Å². The molecule has 94 valence electrons. The molecule has 7 heteroatoms. The molecule has 0 bridgehead atoms. The number of hydrogen-bond donors (Lipinski definition) is 1. The van der Waals surface area contributed by atoms with Crippen LogP contribution in [0.25, 0.3) is 0 Å². The Morgan fingerprint density at radius 3 is 2.41 bits per heavy atom. The highest BCUT2D eigenvalue weighted by Crippen LogP contribution is 2.29. The molecule has 1 heterocycles. The second-order valence-corrected chi connectivity index (χ2v) is 5.35. The normalized spacial score (nSPS) is 11.2. The van der Waals surface area contributed by atoms with Crippen LogP contribution in [0.5, 0.6) is 0 Å². The molecule has 0 spiro atoms. The van der Waals surface area contributed by atoms with E-state index in [1.807, 2.05) is 0 Å². The number of amides is 1. The minimum Gasteiger partial charge on any atom is -0.444 e. The van der Waals surface area contributed by atoms with Gasteiger partial charge in [0.15, 0.2) is 5.15 Å². The van der Waals surface area contributed by atoms with Crippen LogP contribution in [0, 0.1) is 0 Å². The summed E-state index contributed by atoms with van der Waals surface area (Å²) >= 11 is 17.2. The third kappa shape index (κ3) is 4.58. The Bertz CT molecular complexity index is 444. The molecule has 0 saturated carbocycles. The number of halogens is 3. The van der Waals surface area contributed by atoms with Crippen LogP contribution < -0.4 is 5.32 Å². The Hall–Kier alpha value is -0.710. The Morgan fingerprint density at radius 1 is 1.29 bits per heavy atom. The smallest absolute Gasteiger partial charge is 0.412 e. The van der Waals surface area contributed by atoms with Crippen LogP contribution in [0.2, 0.25) is 15.3 Å². The van der Waals surface area contributed by atoms with Gasteiger partial charge in [-0.15, -0.1) is 0 Å². The van der Waals surface area contributed by atoms with Crippen molar-refractivity contribution in [3.8, 4) is 0 Å². The van der Waals surface area contributed by atoms with Crippen molar-refractivity contribution in [1.82, 2.24) is 4.98 Å². The maximum atomic E-state index is 11.5. The fraction of sp³-hybridized carbons (Fsp3) is 0.400. The SMILES string of the molecule is CC(C)(C)OC(=O)Nc1cc(Cl)c(Cl)nc1Cl. The number of nitrogens with zero attached hydrogens (tertiary/aromatic N) is 1. The van der Waals surface area contributed by atoms with Crippen LogP contribution in [0.15, 0.2) is 6.07 Å². The monoisotopic (exact) mass is 296 g/mol. The number of anilines is 1. The van der Waals surface area contributed by atoms with Gasteiger partial charge in [0.1, 0.15) is 10.8 Å².